The van der Waals surface area contributed by atoms with Gasteiger partial charge in [-0.2, -0.15) is 0 Å². The van der Waals surface area contributed by atoms with Crippen LogP contribution in [0, 0.1) is 0 Å². The largest absolute Gasteiger partial charge is 0.466 e. The van der Waals surface area contributed by atoms with Crippen LogP contribution in [0.15, 0.2) is 22.7 Å². The Balaban J connectivity index is 2.79. The monoisotopic (exact) mass is 301 g/mol. The molecule has 1 atom stereocenters. The van der Waals surface area contributed by atoms with E-state index >= 15 is 0 Å². The first-order valence-electron chi connectivity index (χ1n) is 4.79. The first-order valence-corrected chi connectivity index (χ1v) is 5.58. The molecule has 1 rings (SSSR count). The molecule has 0 aliphatic heterocycles. The van der Waals surface area contributed by atoms with Gasteiger partial charge in [-0.15, -0.1) is 0 Å². The third kappa shape index (κ3) is 3.74. The predicted molar refractivity (Wildman–Crippen MR) is 65.4 cm³/mol. The molecule has 0 amide bonds. The summed E-state index contributed by atoms with van der Waals surface area (Å²) in [6.07, 6.45) is -0.951. The van der Waals surface area contributed by atoms with Crippen LogP contribution in [0.5, 0.6) is 0 Å². The van der Waals surface area contributed by atoms with Gasteiger partial charge >= 0.3 is 11.9 Å². The van der Waals surface area contributed by atoms with E-state index in [1.165, 1.54) is 20.1 Å². The molecule has 92 valence electrons. The summed E-state index contributed by atoms with van der Waals surface area (Å²) in [5, 5.41) is 0. The fourth-order valence-corrected chi connectivity index (χ4v) is 1.68. The Hall–Kier alpha value is -1.56. The van der Waals surface area contributed by atoms with E-state index in [1.807, 2.05) is 0 Å². The van der Waals surface area contributed by atoms with Gasteiger partial charge in [-0.25, -0.2) is 9.59 Å². The molecular formula is C11H12BrNO4. The molecule has 2 N–H and O–H groups in total. The van der Waals surface area contributed by atoms with Crippen molar-refractivity contribution < 1.29 is 19.1 Å². The molecule has 0 aliphatic carbocycles. The van der Waals surface area contributed by atoms with Crippen LogP contribution in [0.25, 0.3) is 0 Å². The number of hydrogen-bond acceptors (Lipinski definition) is 5. The van der Waals surface area contributed by atoms with E-state index in [2.05, 4.69) is 20.7 Å². The number of esters is 2. The lowest BCUT2D eigenvalue weighted by Gasteiger charge is -2.11. The van der Waals surface area contributed by atoms with E-state index in [4.69, 9.17) is 10.5 Å². The van der Waals surface area contributed by atoms with Crippen molar-refractivity contribution in [3.8, 4) is 0 Å². The summed E-state index contributed by atoms with van der Waals surface area (Å²) in [6, 6.07) is 4.68. The van der Waals surface area contributed by atoms with Crippen molar-refractivity contribution in [1.82, 2.24) is 0 Å². The molecule has 0 radical (unpaired) electrons. The molecule has 0 saturated carbocycles. The number of hydrogen-bond donors (Lipinski definition) is 1. The Morgan fingerprint density at radius 1 is 1.35 bits per heavy atom. The van der Waals surface area contributed by atoms with Crippen molar-refractivity contribution in [2.75, 3.05) is 12.8 Å². The van der Waals surface area contributed by atoms with Crippen molar-refractivity contribution in [3.63, 3.8) is 0 Å². The zero-order valence-electron chi connectivity index (χ0n) is 9.40. The maximum Gasteiger partial charge on any atom is 0.346 e. The lowest BCUT2D eigenvalue weighted by Crippen LogP contribution is -2.25. The van der Waals surface area contributed by atoms with Crippen molar-refractivity contribution in [2.24, 2.45) is 0 Å². The van der Waals surface area contributed by atoms with E-state index < -0.39 is 18.0 Å². The summed E-state index contributed by atoms with van der Waals surface area (Å²) in [5.74, 6) is -1.24. The average molecular weight is 302 g/mol. The van der Waals surface area contributed by atoms with Crippen LogP contribution >= 0.6 is 15.9 Å². The molecule has 0 spiro atoms. The van der Waals surface area contributed by atoms with E-state index in [1.54, 1.807) is 12.1 Å². The van der Waals surface area contributed by atoms with Crippen molar-refractivity contribution >= 4 is 33.6 Å². The van der Waals surface area contributed by atoms with E-state index in [0.29, 0.717) is 10.2 Å². The molecule has 0 fully saturated rings. The highest BCUT2D eigenvalue weighted by Crippen LogP contribution is 2.18. The van der Waals surface area contributed by atoms with Gasteiger partial charge in [0.1, 0.15) is 0 Å². The van der Waals surface area contributed by atoms with Crippen LogP contribution in [-0.4, -0.2) is 25.2 Å². The SMILES string of the molecule is COC(=O)C(C)OC(=O)c1cc(N)cc(Br)c1. The van der Waals surface area contributed by atoms with Gasteiger partial charge in [0.25, 0.3) is 0 Å². The second-order valence-electron chi connectivity index (χ2n) is 3.34. The minimum absolute atomic E-state index is 0.271. The maximum atomic E-state index is 11.7. The summed E-state index contributed by atoms with van der Waals surface area (Å²) in [6.45, 7) is 1.44. The number of halogens is 1. The Bertz CT molecular complexity index is 427. The number of ether oxygens (including phenoxy) is 2. The Labute approximate surface area is 107 Å². The van der Waals surface area contributed by atoms with E-state index in [0.717, 1.165) is 0 Å². The molecule has 1 aromatic rings. The van der Waals surface area contributed by atoms with E-state index in [-0.39, 0.29) is 5.56 Å². The average Bonchev–Trinajstić information content (AvgIpc) is 2.26. The summed E-state index contributed by atoms with van der Waals surface area (Å²) in [4.78, 5) is 22.8. The number of methoxy groups -OCH3 is 1. The molecule has 0 heterocycles. The van der Waals surface area contributed by atoms with Crippen LogP contribution in [0.1, 0.15) is 17.3 Å². The molecule has 17 heavy (non-hydrogen) atoms. The summed E-state index contributed by atoms with van der Waals surface area (Å²) in [5.41, 5.74) is 6.28. The molecule has 1 aromatic carbocycles. The van der Waals surface area contributed by atoms with Crippen LogP contribution in [0.3, 0.4) is 0 Å². The van der Waals surface area contributed by atoms with Crippen molar-refractivity contribution in [2.45, 2.75) is 13.0 Å². The van der Waals surface area contributed by atoms with Crippen molar-refractivity contribution in [1.29, 1.82) is 0 Å². The van der Waals surface area contributed by atoms with Crippen LogP contribution in [0.4, 0.5) is 5.69 Å². The lowest BCUT2D eigenvalue weighted by atomic mass is 10.2. The van der Waals surface area contributed by atoms with Gasteiger partial charge in [0, 0.05) is 10.2 Å². The first-order chi connectivity index (χ1) is 7.93. The fourth-order valence-electron chi connectivity index (χ4n) is 1.17. The van der Waals surface area contributed by atoms with Gasteiger partial charge in [-0.05, 0) is 25.1 Å². The van der Waals surface area contributed by atoms with Gasteiger partial charge in [-0.3, -0.25) is 0 Å². The highest BCUT2D eigenvalue weighted by atomic mass is 79.9. The predicted octanol–water partition coefficient (Wildman–Crippen LogP) is 1.75. The molecule has 0 saturated heterocycles. The van der Waals surface area contributed by atoms with Gasteiger partial charge in [-0.1, -0.05) is 15.9 Å². The number of nitrogen functional groups attached to an aromatic ring is 1. The number of benzene rings is 1. The van der Waals surface area contributed by atoms with Crippen LogP contribution in [0.2, 0.25) is 0 Å². The number of rotatable bonds is 3. The minimum atomic E-state index is -0.951. The number of nitrogens with two attached hydrogens (primary N) is 1. The maximum absolute atomic E-state index is 11.7. The molecule has 0 bridgehead atoms. The van der Waals surface area contributed by atoms with Gasteiger partial charge in [0.2, 0.25) is 0 Å². The van der Waals surface area contributed by atoms with E-state index in [9.17, 15) is 9.59 Å². The first kappa shape index (κ1) is 13.5. The molecule has 0 aromatic heterocycles. The fraction of sp³-hybridized carbons (Fsp3) is 0.273. The lowest BCUT2D eigenvalue weighted by molar-refractivity contribution is -0.149. The van der Waals surface area contributed by atoms with Gasteiger partial charge in [0.15, 0.2) is 6.10 Å². The summed E-state index contributed by atoms with van der Waals surface area (Å²) >= 11 is 3.21. The Morgan fingerprint density at radius 2 is 2.00 bits per heavy atom. The molecule has 6 heteroatoms. The summed E-state index contributed by atoms with van der Waals surface area (Å²) < 4.78 is 10.0. The molecule has 5 nitrogen and oxygen atoms in total. The Kier molecular flexibility index (Phi) is 4.51. The molecular weight excluding hydrogens is 290 g/mol. The number of carbonyl (C=O) groups is 2. The zero-order valence-corrected chi connectivity index (χ0v) is 11.0. The smallest absolute Gasteiger partial charge is 0.346 e. The second-order valence-corrected chi connectivity index (χ2v) is 4.26. The Morgan fingerprint density at radius 3 is 2.53 bits per heavy atom. The summed E-state index contributed by atoms with van der Waals surface area (Å²) in [7, 11) is 1.23. The van der Waals surface area contributed by atoms with Crippen molar-refractivity contribution in [3.05, 3.63) is 28.2 Å². The van der Waals surface area contributed by atoms with Gasteiger partial charge < -0.3 is 15.2 Å². The van der Waals surface area contributed by atoms with Crippen LogP contribution in [-0.2, 0) is 14.3 Å². The molecule has 1 unspecified atom stereocenters. The van der Waals surface area contributed by atoms with Gasteiger partial charge in [0.05, 0.1) is 12.7 Å². The highest BCUT2D eigenvalue weighted by Gasteiger charge is 2.19. The third-order valence-corrected chi connectivity index (χ3v) is 2.43. The quantitative estimate of drug-likeness (QED) is 0.680. The third-order valence-electron chi connectivity index (χ3n) is 1.97. The highest BCUT2D eigenvalue weighted by molar-refractivity contribution is 9.10. The standard InChI is InChI=1S/C11H12BrNO4/c1-6(10(14)16-2)17-11(15)7-3-8(12)5-9(13)4-7/h3-6H,13H2,1-2H3. The topological polar surface area (TPSA) is 78.6 Å². The van der Waals surface area contributed by atoms with Crippen LogP contribution < -0.4 is 5.73 Å². The molecule has 0 aliphatic rings. The number of carbonyl (C=O) groups excluding carboxylic acids is 2. The second kappa shape index (κ2) is 5.67. The zero-order chi connectivity index (χ0) is 13.0. The minimum Gasteiger partial charge on any atom is -0.466 e. The number of anilines is 1. The normalized spacial score (nSPS) is 11.7.